The molecule has 2 fully saturated rings. The summed E-state index contributed by atoms with van der Waals surface area (Å²) in [7, 11) is 0. The number of aliphatic hydroxyl groups is 1. The normalized spacial score (nSPS) is 46.1. The quantitative estimate of drug-likeness (QED) is 0.839. The first-order valence-corrected chi connectivity index (χ1v) is 8.11. The van der Waals surface area contributed by atoms with E-state index >= 15 is 0 Å². The molecule has 0 aromatic heterocycles. The van der Waals surface area contributed by atoms with E-state index in [1.807, 2.05) is 13.8 Å². The van der Waals surface area contributed by atoms with Crippen molar-refractivity contribution in [1.82, 2.24) is 0 Å². The van der Waals surface area contributed by atoms with E-state index in [1.165, 1.54) is 0 Å². The van der Waals surface area contributed by atoms with Gasteiger partial charge in [-0.15, -0.1) is 0 Å². The summed E-state index contributed by atoms with van der Waals surface area (Å²) in [6.07, 6.45) is 5.07. The molecule has 1 aliphatic heterocycles. The Morgan fingerprint density at radius 3 is 2.05 bits per heavy atom. The minimum Gasteiger partial charge on any atom is -0.388 e. The summed E-state index contributed by atoms with van der Waals surface area (Å²) in [6.45, 7) is 8.53. The molecule has 0 bridgehead atoms. The predicted octanol–water partition coefficient (Wildman–Crippen LogP) is 3.66. The van der Waals surface area contributed by atoms with Gasteiger partial charge in [-0.3, -0.25) is 0 Å². The highest BCUT2D eigenvalue weighted by molar-refractivity contribution is 5.15. The van der Waals surface area contributed by atoms with Crippen molar-refractivity contribution in [3.05, 3.63) is 0 Å². The van der Waals surface area contributed by atoms with Gasteiger partial charge in [0.2, 0.25) is 0 Å². The maximum Gasteiger partial charge on any atom is 0.0882 e. The molecule has 0 aromatic rings. The topological polar surface area (TPSA) is 53.2 Å². The van der Waals surface area contributed by atoms with Gasteiger partial charge in [0, 0.05) is 12.8 Å². The van der Waals surface area contributed by atoms with Crippen LogP contribution >= 0.6 is 0 Å². The SMILES string of the molecule is CC1CC(O)(C2(C#N)CCC(C(C)C)CC2)CC(C)O1. The maximum atomic E-state index is 11.2. The van der Waals surface area contributed by atoms with Crippen molar-refractivity contribution in [2.75, 3.05) is 0 Å². The Labute approximate surface area is 123 Å². The third-order valence-electron chi connectivity index (χ3n) is 5.65. The Balaban J connectivity index is 2.18. The van der Waals surface area contributed by atoms with Crippen LogP contribution in [0.2, 0.25) is 0 Å². The molecule has 2 unspecified atom stereocenters. The lowest BCUT2D eigenvalue weighted by molar-refractivity contribution is -0.182. The molecule has 0 radical (unpaired) electrons. The third-order valence-corrected chi connectivity index (χ3v) is 5.65. The molecule has 1 saturated carbocycles. The average molecular weight is 279 g/mol. The molecule has 1 heterocycles. The van der Waals surface area contributed by atoms with Crippen LogP contribution in [0.3, 0.4) is 0 Å². The molecule has 3 heteroatoms. The molecule has 2 rings (SSSR count). The predicted molar refractivity (Wildman–Crippen MR) is 79.0 cm³/mol. The van der Waals surface area contributed by atoms with E-state index in [-0.39, 0.29) is 12.2 Å². The lowest BCUT2D eigenvalue weighted by atomic mass is 9.57. The highest BCUT2D eigenvalue weighted by Crippen LogP contribution is 2.52. The first-order chi connectivity index (χ1) is 9.32. The Hall–Kier alpha value is -0.590. The fourth-order valence-electron chi connectivity index (χ4n) is 4.40. The van der Waals surface area contributed by atoms with Crippen LogP contribution in [0, 0.1) is 28.6 Å². The van der Waals surface area contributed by atoms with Gasteiger partial charge in [-0.2, -0.15) is 5.26 Å². The van der Waals surface area contributed by atoms with Gasteiger partial charge in [0.15, 0.2) is 0 Å². The minimum absolute atomic E-state index is 0.0387. The van der Waals surface area contributed by atoms with Crippen LogP contribution < -0.4 is 0 Å². The van der Waals surface area contributed by atoms with E-state index in [0.29, 0.717) is 24.7 Å². The van der Waals surface area contributed by atoms with Crippen LogP contribution in [0.25, 0.3) is 0 Å². The van der Waals surface area contributed by atoms with Crippen molar-refractivity contribution >= 4 is 0 Å². The first-order valence-electron chi connectivity index (χ1n) is 8.11. The lowest BCUT2D eigenvalue weighted by Gasteiger charge is -2.51. The van der Waals surface area contributed by atoms with Gasteiger partial charge in [0.05, 0.1) is 29.3 Å². The smallest absolute Gasteiger partial charge is 0.0882 e. The van der Waals surface area contributed by atoms with Gasteiger partial charge >= 0.3 is 0 Å². The van der Waals surface area contributed by atoms with Crippen molar-refractivity contribution in [2.45, 2.75) is 84.0 Å². The molecule has 0 amide bonds. The number of hydrogen-bond donors (Lipinski definition) is 1. The zero-order valence-electron chi connectivity index (χ0n) is 13.4. The van der Waals surface area contributed by atoms with Gasteiger partial charge in [-0.1, -0.05) is 13.8 Å². The van der Waals surface area contributed by atoms with Gasteiger partial charge in [0.1, 0.15) is 0 Å². The van der Waals surface area contributed by atoms with E-state index in [0.717, 1.165) is 25.7 Å². The molecule has 0 spiro atoms. The van der Waals surface area contributed by atoms with Crippen LogP contribution in [0.1, 0.15) is 66.2 Å². The Morgan fingerprint density at radius 2 is 1.65 bits per heavy atom. The average Bonchev–Trinajstić information content (AvgIpc) is 2.36. The minimum atomic E-state index is -0.874. The Bertz CT molecular complexity index is 367. The fraction of sp³-hybridized carbons (Fsp3) is 0.941. The maximum absolute atomic E-state index is 11.2. The highest BCUT2D eigenvalue weighted by atomic mass is 16.5. The summed E-state index contributed by atoms with van der Waals surface area (Å²) < 4.78 is 5.75. The van der Waals surface area contributed by atoms with Crippen molar-refractivity contribution in [3.63, 3.8) is 0 Å². The largest absolute Gasteiger partial charge is 0.388 e. The Morgan fingerprint density at radius 1 is 1.15 bits per heavy atom. The van der Waals surface area contributed by atoms with Crippen LogP contribution in [0.5, 0.6) is 0 Å². The molecule has 1 N–H and O–H groups in total. The first kappa shape index (κ1) is 15.8. The van der Waals surface area contributed by atoms with Crippen LogP contribution in [0.4, 0.5) is 0 Å². The van der Waals surface area contributed by atoms with E-state index < -0.39 is 11.0 Å². The molecule has 3 nitrogen and oxygen atoms in total. The van der Waals surface area contributed by atoms with E-state index in [2.05, 4.69) is 19.9 Å². The second kappa shape index (κ2) is 5.66. The van der Waals surface area contributed by atoms with E-state index in [9.17, 15) is 10.4 Å². The monoisotopic (exact) mass is 279 g/mol. The van der Waals surface area contributed by atoms with Gasteiger partial charge in [0.25, 0.3) is 0 Å². The second-order valence-electron chi connectivity index (χ2n) is 7.47. The molecule has 114 valence electrons. The molecule has 2 aliphatic rings. The molecular formula is C17H29NO2. The number of nitriles is 1. The molecule has 0 aromatic carbocycles. The molecule has 2 atom stereocenters. The fourth-order valence-corrected chi connectivity index (χ4v) is 4.40. The van der Waals surface area contributed by atoms with Crippen molar-refractivity contribution in [1.29, 1.82) is 5.26 Å². The number of ether oxygens (including phenoxy) is 1. The summed E-state index contributed by atoms with van der Waals surface area (Å²) in [5, 5.41) is 21.0. The number of rotatable bonds is 2. The van der Waals surface area contributed by atoms with E-state index in [4.69, 9.17) is 4.74 Å². The van der Waals surface area contributed by atoms with Crippen LogP contribution in [0.15, 0.2) is 0 Å². The summed E-state index contributed by atoms with van der Waals surface area (Å²) in [4.78, 5) is 0. The Kier molecular flexibility index (Phi) is 4.47. The highest BCUT2D eigenvalue weighted by Gasteiger charge is 2.55. The van der Waals surface area contributed by atoms with Gasteiger partial charge in [-0.25, -0.2) is 0 Å². The summed E-state index contributed by atoms with van der Waals surface area (Å²) in [5.74, 6) is 1.38. The van der Waals surface area contributed by atoms with Crippen molar-refractivity contribution in [2.24, 2.45) is 17.3 Å². The van der Waals surface area contributed by atoms with Crippen LogP contribution in [-0.4, -0.2) is 22.9 Å². The third kappa shape index (κ3) is 2.73. The van der Waals surface area contributed by atoms with Crippen molar-refractivity contribution < 1.29 is 9.84 Å². The summed E-state index contributed by atoms with van der Waals surface area (Å²) in [6, 6.07) is 2.52. The zero-order chi connectivity index (χ0) is 15.0. The summed E-state index contributed by atoms with van der Waals surface area (Å²) in [5.41, 5.74) is -1.44. The molecule has 1 saturated heterocycles. The molecule has 1 aliphatic carbocycles. The number of hydrogen-bond acceptors (Lipinski definition) is 3. The van der Waals surface area contributed by atoms with Crippen molar-refractivity contribution in [3.8, 4) is 6.07 Å². The van der Waals surface area contributed by atoms with Crippen LogP contribution in [-0.2, 0) is 4.74 Å². The molecule has 20 heavy (non-hydrogen) atoms. The standard InChI is InChI=1S/C17H29NO2/c1-12(2)15-5-7-16(11-18,8-6-15)17(19)9-13(3)20-14(4)10-17/h12-15,19H,5-10H2,1-4H3. The molecular weight excluding hydrogens is 250 g/mol. The van der Waals surface area contributed by atoms with Gasteiger partial charge < -0.3 is 9.84 Å². The lowest BCUT2D eigenvalue weighted by Crippen LogP contribution is -2.56. The van der Waals surface area contributed by atoms with Gasteiger partial charge in [-0.05, 0) is 51.4 Å². The number of nitrogens with zero attached hydrogens (tertiary/aromatic N) is 1. The summed E-state index contributed by atoms with van der Waals surface area (Å²) >= 11 is 0. The second-order valence-corrected chi connectivity index (χ2v) is 7.47. The zero-order valence-corrected chi connectivity index (χ0v) is 13.4. The van der Waals surface area contributed by atoms with E-state index in [1.54, 1.807) is 0 Å².